The molecule has 3 aromatic carbocycles. The molecule has 1 saturated heterocycles. The Labute approximate surface area is 277 Å². The van der Waals surface area contributed by atoms with Crippen LogP contribution < -0.4 is 25.4 Å². The van der Waals surface area contributed by atoms with Crippen LogP contribution in [0.2, 0.25) is 10.0 Å². The highest BCUT2D eigenvalue weighted by molar-refractivity contribution is 6.31. The van der Waals surface area contributed by atoms with Crippen molar-refractivity contribution < 1.29 is 33.0 Å². The monoisotopic (exact) mass is 671 g/mol. The van der Waals surface area contributed by atoms with Crippen LogP contribution in [0.3, 0.4) is 0 Å². The highest BCUT2D eigenvalue weighted by Crippen LogP contribution is 2.57. The Morgan fingerprint density at radius 2 is 1.80 bits per heavy atom. The van der Waals surface area contributed by atoms with Gasteiger partial charge in [-0.3, -0.25) is 14.4 Å². The van der Waals surface area contributed by atoms with Gasteiger partial charge >= 0.3 is 5.97 Å². The van der Waals surface area contributed by atoms with Crippen molar-refractivity contribution in [2.45, 2.75) is 57.5 Å². The smallest absolute Gasteiger partial charge is 0.302 e. The fourth-order valence-electron chi connectivity index (χ4n) is 6.57. The summed E-state index contributed by atoms with van der Waals surface area (Å²) in [5.74, 6) is -2.24. The van der Waals surface area contributed by atoms with E-state index in [4.69, 9.17) is 37.4 Å². The Bertz CT molecular complexity index is 1680. The Balaban J connectivity index is 1.57. The first-order chi connectivity index (χ1) is 21.8. The van der Waals surface area contributed by atoms with E-state index in [-0.39, 0.29) is 35.1 Å². The zero-order valence-electron chi connectivity index (χ0n) is 26.1. The number of amides is 2. The van der Waals surface area contributed by atoms with Gasteiger partial charge < -0.3 is 30.2 Å². The van der Waals surface area contributed by atoms with E-state index in [1.54, 1.807) is 48.5 Å². The number of anilines is 2. The maximum Gasteiger partial charge on any atom is 0.302 e. The molecule has 244 valence electrons. The minimum atomic E-state index is -1.38. The number of ether oxygens (including phenoxy) is 3. The minimum absolute atomic E-state index is 0.0617. The number of fused-ring (bicyclic) bond motifs is 2. The number of esters is 1. The van der Waals surface area contributed by atoms with Crippen LogP contribution in [-0.4, -0.2) is 50.2 Å². The molecule has 0 aliphatic carbocycles. The standard InChI is InChI=1S/C34H36Cl2FN3O6/c1-18(41)45-13-14-46-25-12-10-20(16-26(25)44-5)38-31(42)30-28(21-7-6-8-23(36)29(21)37)34(27(40-30)17-33(2,3)4)22-11-9-19(35)15-24(22)39-32(34)43/h6-12,15-16,27-28,30,40H,13-14,17H2,1-5H3,(H,38,42)(H,39,43)/t27-,28?,30+,34+/m0/s1. The van der Waals surface area contributed by atoms with Gasteiger partial charge in [0.15, 0.2) is 11.5 Å². The second-order valence-corrected chi connectivity index (χ2v) is 13.5. The number of carbonyl (C=O) groups excluding carboxylic acids is 3. The van der Waals surface area contributed by atoms with Crippen LogP contribution in [0.4, 0.5) is 15.8 Å². The van der Waals surface area contributed by atoms with Crippen LogP contribution in [0.1, 0.15) is 51.2 Å². The van der Waals surface area contributed by atoms with Gasteiger partial charge in [-0.15, -0.1) is 0 Å². The molecule has 2 amide bonds. The normalized spacial score (nSPS) is 21.9. The molecule has 12 heteroatoms. The minimum Gasteiger partial charge on any atom is -0.493 e. The summed E-state index contributed by atoms with van der Waals surface area (Å²) in [6.07, 6.45) is 0.484. The van der Waals surface area contributed by atoms with Gasteiger partial charge in [-0.05, 0) is 53.3 Å². The third-order valence-corrected chi connectivity index (χ3v) is 8.83. The van der Waals surface area contributed by atoms with Crippen molar-refractivity contribution in [3.63, 3.8) is 0 Å². The number of methoxy groups -OCH3 is 1. The first-order valence-corrected chi connectivity index (χ1v) is 15.6. The lowest BCUT2D eigenvalue weighted by Crippen LogP contribution is -2.49. The van der Waals surface area contributed by atoms with Gasteiger partial charge in [-0.1, -0.05) is 62.2 Å². The van der Waals surface area contributed by atoms with Crippen molar-refractivity contribution in [3.05, 3.63) is 81.6 Å². The second kappa shape index (κ2) is 13.1. The molecule has 1 unspecified atom stereocenters. The summed E-state index contributed by atoms with van der Waals surface area (Å²) in [4.78, 5) is 39.6. The maximum atomic E-state index is 16.0. The summed E-state index contributed by atoms with van der Waals surface area (Å²) in [6.45, 7) is 7.61. The topological polar surface area (TPSA) is 115 Å². The van der Waals surface area contributed by atoms with E-state index in [9.17, 15) is 14.4 Å². The van der Waals surface area contributed by atoms with Crippen LogP contribution in [0.15, 0.2) is 54.6 Å². The Kier molecular flexibility index (Phi) is 9.54. The number of hydrogen-bond acceptors (Lipinski definition) is 7. The molecule has 3 N–H and O–H groups in total. The zero-order valence-corrected chi connectivity index (χ0v) is 27.6. The SMILES string of the molecule is COc1cc(NC(=O)[C@@H]2N[C@@H](CC(C)(C)C)[C@@]3(C(=O)Nc4cc(Cl)ccc43)C2c2cccc(Cl)c2F)ccc1OCCOC(C)=O. The number of rotatable bonds is 9. The zero-order chi connectivity index (χ0) is 33.4. The summed E-state index contributed by atoms with van der Waals surface area (Å²) in [6, 6.07) is 13.0. The molecule has 2 aliphatic rings. The third kappa shape index (κ3) is 6.38. The van der Waals surface area contributed by atoms with Crippen LogP contribution >= 0.6 is 23.2 Å². The van der Waals surface area contributed by atoms with E-state index < -0.39 is 41.1 Å². The van der Waals surface area contributed by atoms with Gasteiger partial charge in [-0.25, -0.2) is 4.39 Å². The van der Waals surface area contributed by atoms with Gasteiger partial charge in [-0.2, -0.15) is 0 Å². The van der Waals surface area contributed by atoms with Crippen LogP contribution in [-0.2, 0) is 24.5 Å². The van der Waals surface area contributed by atoms with E-state index in [0.717, 1.165) is 0 Å². The summed E-state index contributed by atoms with van der Waals surface area (Å²) >= 11 is 12.6. The molecule has 0 radical (unpaired) electrons. The summed E-state index contributed by atoms with van der Waals surface area (Å²) in [5, 5.41) is 9.66. The summed E-state index contributed by atoms with van der Waals surface area (Å²) < 4.78 is 32.1. The quantitative estimate of drug-likeness (QED) is 0.176. The van der Waals surface area contributed by atoms with Crippen molar-refractivity contribution in [1.82, 2.24) is 5.32 Å². The van der Waals surface area contributed by atoms with E-state index in [2.05, 4.69) is 16.0 Å². The van der Waals surface area contributed by atoms with Gasteiger partial charge in [0.2, 0.25) is 11.8 Å². The fourth-order valence-corrected chi connectivity index (χ4v) is 6.93. The Hall–Kier alpha value is -3.86. The number of nitrogens with one attached hydrogen (secondary N) is 3. The van der Waals surface area contributed by atoms with Gasteiger partial charge in [0.1, 0.15) is 24.4 Å². The molecule has 0 saturated carbocycles. The Morgan fingerprint density at radius 1 is 1.04 bits per heavy atom. The molecule has 46 heavy (non-hydrogen) atoms. The summed E-state index contributed by atoms with van der Waals surface area (Å²) in [5.41, 5.74) is 0.0156. The van der Waals surface area contributed by atoms with Crippen LogP contribution in [0, 0.1) is 11.2 Å². The molecular weight excluding hydrogens is 636 g/mol. The van der Waals surface area contributed by atoms with Crippen LogP contribution in [0.5, 0.6) is 11.5 Å². The lowest BCUT2D eigenvalue weighted by atomic mass is 9.62. The van der Waals surface area contributed by atoms with Gasteiger partial charge in [0.25, 0.3) is 0 Å². The highest BCUT2D eigenvalue weighted by atomic mass is 35.5. The number of carbonyl (C=O) groups is 3. The highest BCUT2D eigenvalue weighted by Gasteiger charge is 2.66. The number of hydrogen-bond donors (Lipinski definition) is 3. The molecule has 9 nitrogen and oxygen atoms in total. The average molecular weight is 673 g/mol. The van der Waals surface area contributed by atoms with E-state index >= 15 is 4.39 Å². The lowest BCUT2D eigenvalue weighted by Gasteiger charge is -2.37. The fraction of sp³-hybridized carbons (Fsp3) is 0.382. The van der Waals surface area contributed by atoms with Crippen LogP contribution in [0.25, 0.3) is 0 Å². The maximum absolute atomic E-state index is 16.0. The molecule has 2 heterocycles. The number of benzene rings is 3. The van der Waals surface area contributed by atoms with Crippen molar-refractivity contribution in [2.24, 2.45) is 5.41 Å². The largest absolute Gasteiger partial charge is 0.493 e. The molecule has 4 atom stereocenters. The van der Waals surface area contributed by atoms with Gasteiger partial charge in [0.05, 0.1) is 18.2 Å². The Morgan fingerprint density at radius 3 is 2.50 bits per heavy atom. The van der Waals surface area contributed by atoms with E-state index in [1.165, 1.54) is 20.1 Å². The van der Waals surface area contributed by atoms with Gasteiger partial charge in [0, 0.05) is 41.3 Å². The molecule has 1 fully saturated rings. The number of halogens is 3. The molecular formula is C34H36Cl2FN3O6. The first-order valence-electron chi connectivity index (χ1n) is 14.8. The molecule has 0 bridgehead atoms. The van der Waals surface area contributed by atoms with E-state index in [1.807, 2.05) is 20.8 Å². The predicted molar refractivity (Wildman–Crippen MR) is 174 cm³/mol. The molecule has 1 spiro atoms. The van der Waals surface area contributed by atoms with Crippen molar-refractivity contribution >= 4 is 52.4 Å². The molecule has 2 aliphatic heterocycles. The lowest BCUT2D eigenvalue weighted by molar-refractivity contribution is -0.141. The third-order valence-electron chi connectivity index (χ3n) is 8.30. The average Bonchev–Trinajstić information content (AvgIpc) is 3.46. The van der Waals surface area contributed by atoms with Crippen molar-refractivity contribution in [2.75, 3.05) is 31.0 Å². The first kappa shape index (κ1) is 33.5. The van der Waals surface area contributed by atoms with Crippen molar-refractivity contribution in [3.8, 4) is 11.5 Å². The molecule has 3 aromatic rings. The van der Waals surface area contributed by atoms with Crippen molar-refractivity contribution in [1.29, 1.82) is 0 Å². The predicted octanol–water partition coefficient (Wildman–Crippen LogP) is 6.47. The molecule has 5 rings (SSSR count). The van der Waals surface area contributed by atoms with E-state index in [0.29, 0.717) is 39.9 Å². The molecule has 0 aromatic heterocycles. The second-order valence-electron chi connectivity index (χ2n) is 12.6. The summed E-state index contributed by atoms with van der Waals surface area (Å²) in [7, 11) is 1.46.